The second kappa shape index (κ2) is 39.9. The van der Waals surface area contributed by atoms with Gasteiger partial charge in [-0.1, -0.05) is 211 Å². The fourth-order valence-corrected chi connectivity index (χ4v) is 10.3. The van der Waals surface area contributed by atoms with Crippen molar-refractivity contribution in [3.63, 3.8) is 0 Å². The summed E-state index contributed by atoms with van der Waals surface area (Å²) in [6.07, 6.45) is 36.8. The second-order valence-corrected chi connectivity index (χ2v) is 20.6. The van der Waals surface area contributed by atoms with Crippen LogP contribution in [0.3, 0.4) is 0 Å². The first-order valence-corrected chi connectivity index (χ1v) is 29.7. The second-order valence-electron chi connectivity index (χ2n) is 20.6. The van der Waals surface area contributed by atoms with E-state index in [4.69, 9.17) is 0 Å². The van der Waals surface area contributed by atoms with Crippen LogP contribution in [0, 0.1) is 13.8 Å². The van der Waals surface area contributed by atoms with Gasteiger partial charge in [0.25, 0.3) is 0 Å². The van der Waals surface area contributed by atoms with Crippen molar-refractivity contribution in [2.75, 3.05) is 0 Å². The van der Waals surface area contributed by atoms with Gasteiger partial charge in [0.15, 0.2) is 0 Å². The summed E-state index contributed by atoms with van der Waals surface area (Å²) in [5.74, 6) is 0. The molecule has 1 aliphatic rings. The van der Waals surface area contributed by atoms with Crippen LogP contribution in [0.4, 0.5) is 0 Å². The van der Waals surface area contributed by atoms with Crippen molar-refractivity contribution in [1.29, 1.82) is 0 Å². The fraction of sp³-hybridized carbons (Fsp3) is 0.565. The molecule has 72 heavy (non-hydrogen) atoms. The molecule has 3 heteroatoms. The van der Waals surface area contributed by atoms with E-state index in [1.165, 1.54) is 168 Å². The molecule has 0 bridgehead atoms. The standard InChI is InChI=1S/C53H86N2.2C8H9.Ni/c1-9-17-25-29-37-51-50(35-24-16-8)52(46-38-42(30-21-13-5)48(34-23-15-7)43(39-46)31-22-14-6)55(54)53(51)47-40-44(32-26-18-10-2)49(36-28-20-12-4)45(41-47)33-27-19-11-3;2*1-2-8-6-4-3-5-7-8;/h38-41H,9-37H2,1-8H3;2*3-7H,1-2H2;/q;2*-1;+2. The first kappa shape index (κ1) is 64.6. The Kier molecular flexibility index (Phi) is 35.7. The topological polar surface area (TPSA) is 25.3 Å². The van der Waals surface area contributed by atoms with Crippen molar-refractivity contribution in [1.82, 2.24) is 0 Å². The Balaban J connectivity index is 0.000000877. The molecule has 0 fully saturated rings. The van der Waals surface area contributed by atoms with Crippen LogP contribution in [0.1, 0.15) is 259 Å². The molecule has 0 spiro atoms. The molecule has 0 atom stereocenters. The number of nitrogens with zero attached hydrogens (tertiary/aromatic N) is 2. The third-order valence-corrected chi connectivity index (χ3v) is 14.6. The van der Waals surface area contributed by atoms with Crippen LogP contribution in [0.25, 0.3) is 16.9 Å². The molecule has 0 aromatic heterocycles. The molecule has 0 N–H and O–H groups in total. The van der Waals surface area contributed by atoms with Crippen LogP contribution in [0.2, 0.25) is 0 Å². The summed E-state index contributed by atoms with van der Waals surface area (Å²) in [7, 11) is 0. The molecule has 0 radical (unpaired) electrons. The number of rotatable bonds is 33. The van der Waals surface area contributed by atoms with Crippen LogP contribution >= 0.6 is 0 Å². The smallest absolute Gasteiger partial charge is 0.493 e. The monoisotopic (exact) mass is 1020 g/mol. The van der Waals surface area contributed by atoms with Crippen LogP contribution < -0.4 is 0 Å². The van der Waals surface area contributed by atoms with Crippen molar-refractivity contribution in [3.8, 4) is 0 Å². The van der Waals surface area contributed by atoms with Gasteiger partial charge in [-0.05, 0) is 160 Å². The molecule has 4 aromatic rings. The normalized spacial score (nSPS) is 12.2. The Morgan fingerprint density at radius 3 is 0.972 bits per heavy atom. The molecule has 400 valence electrons. The van der Waals surface area contributed by atoms with Crippen LogP contribution in [0.5, 0.6) is 0 Å². The first-order valence-electron chi connectivity index (χ1n) is 29.7. The maximum absolute atomic E-state index is 12.9. The number of unbranched alkanes of at least 4 members (excludes halogenated alkanes) is 13. The quantitative estimate of drug-likeness (QED) is 0.0197. The summed E-state index contributed by atoms with van der Waals surface area (Å²) in [6.45, 7) is 26.1. The Morgan fingerprint density at radius 2 is 0.625 bits per heavy atom. The minimum Gasteiger partial charge on any atom is -0.493 e. The van der Waals surface area contributed by atoms with E-state index in [9.17, 15) is 5.53 Å². The van der Waals surface area contributed by atoms with E-state index in [0.717, 1.165) is 75.6 Å². The number of benzene rings is 4. The number of hydrogen-bond donors (Lipinski definition) is 0. The average Bonchev–Trinajstić information content (AvgIpc) is 3.68. The molecule has 0 aliphatic carbocycles. The van der Waals surface area contributed by atoms with Gasteiger partial charge in [-0.3, -0.25) is 0 Å². The van der Waals surface area contributed by atoms with E-state index in [1.54, 1.807) is 38.1 Å². The van der Waals surface area contributed by atoms with Crippen molar-refractivity contribution in [2.24, 2.45) is 0 Å². The van der Waals surface area contributed by atoms with E-state index in [-0.39, 0.29) is 16.5 Å². The van der Waals surface area contributed by atoms with Gasteiger partial charge in [-0.15, -0.1) is 0 Å². The van der Waals surface area contributed by atoms with Crippen LogP contribution in [-0.4, -0.2) is 4.70 Å². The number of allylic oxidation sites excluding steroid dienone is 2. The molecule has 5 rings (SSSR count). The summed E-state index contributed by atoms with van der Waals surface area (Å²) < 4.78 is 1.73. The maximum atomic E-state index is 12.9. The van der Waals surface area contributed by atoms with E-state index < -0.39 is 0 Å². The van der Waals surface area contributed by atoms with E-state index in [0.29, 0.717) is 0 Å². The Bertz CT molecular complexity index is 2010. The van der Waals surface area contributed by atoms with Crippen molar-refractivity contribution in [3.05, 3.63) is 171 Å². The van der Waals surface area contributed by atoms with Crippen LogP contribution in [-0.2, 0) is 67.9 Å². The first-order chi connectivity index (χ1) is 34.8. The third kappa shape index (κ3) is 22.1. The zero-order valence-corrected chi connectivity index (χ0v) is 48.6. The third-order valence-electron chi connectivity index (χ3n) is 14.6. The maximum Gasteiger partial charge on any atom is 2.00 e. The van der Waals surface area contributed by atoms with Crippen molar-refractivity contribution in [2.45, 2.75) is 254 Å². The Hall–Kier alpha value is -3.55. The molecule has 1 aliphatic heterocycles. The van der Waals surface area contributed by atoms with Crippen LogP contribution in [0.15, 0.2) is 96.1 Å². The molecule has 2 nitrogen and oxygen atoms in total. The molecular formula is C69H104N2Ni. The predicted molar refractivity (Wildman–Crippen MR) is 315 cm³/mol. The van der Waals surface area contributed by atoms with Gasteiger partial charge in [0.1, 0.15) is 0 Å². The molecule has 0 saturated heterocycles. The molecule has 1 heterocycles. The van der Waals surface area contributed by atoms with E-state index in [1.807, 2.05) is 36.4 Å². The minimum absolute atomic E-state index is 0. The van der Waals surface area contributed by atoms with Gasteiger partial charge in [-0.25, -0.2) is 4.70 Å². The Morgan fingerprint density at radius 1 is 0.347 bits per heavy atom. The fourth-order valence-electron chi connectivity index (χ4n) is 10.3. The van der Waals surface area contributed by atoms with Gasteiger partial charge >= 0.3 is 16.5 Å². The molecule has 0 saturated carbocycles. The minimum atomic E-state index is 0. The average molecular weight is 1020 g/mol. The SMILES string of the molecule is CCCCCCC1=C(c2cc(CCCCC)c(CCCCC)c(CCCCC)c2)[N+](=[N-])C(c2cc(CCCC)c(CCCC)c(CCCC)c2)=C1CCCC.[CH2-]Cc1ccccc1.[CH2-]Cc1ccccc1.[Ni+2]. The number of aryl methyl sites for hydroxylation is 4. The molecular weight excluding hydrogens is 915 g/mol. The molecule has 4 aromatic carbocycles. The largest absolute Gasteiger partial charge is 2.00 e. The zero-order valence-electron chi connectivity index (χ0n) is 47.6. The summed E-state index contributed by atoms with van der Waals surface area (Å²) in [5.41, 5.74) is 32.6. The summed E-state index contributed by atoms with van der Waals surface area (Å²) in [5, 5.41) is 0. The van der Waals surface area contributed by atoms with Gasteiger partial charge in [0.05, 0.1) is 0 Å². The van der Waals surface area contributed by atoms with Gasteiger partial charge < -0.3 is 19.4 Å². The Labute approximate surface area is 455 Å². The van der Waals surface area contributed by atoms with Gasteiger partial charge in [0.2, 0.25) is 11.4 Å². The van der Waals surface area contributed by atoms with Gasteiger partial charge in [0, 0.05) is 22.3 Å². The summed E-state index contributed by atoms with van der Waals surface area (Å²) >= 11 is 0. The molecule has 0 unspecified atom stereocenters. The van der Waals surface area contributed by atoms with Crippen molar-refractivity contribution >= 4 is 11.4 Å². The van der Waals surface area contributed by atoms with Crippen molar-refractivity contribution < 1.29 is 21.2 Å². The summed E-state index contributed by atoms with van der Waals surface area (Å²) in [6, 6.07) is 30.6. The predicted octanol–water partition coefficient (Wildman–Crippen LogP) is 21.4. The molecule has 0 amide bonds. The van der Waals surface area contributed by atoms with E-state index >= 15 is 0 Å². The number of hydrogen-bond acceptors (Lipinski definition) is 0. The van der Waals surface area contributed by atoms with Gasteiger partial charge in [-0.2, -0.15) is 12.8 Å². The zero-order chi connectivity index (χ0) is 51.5. The van der Waals surface area contributed by atoms with E-state index in [2.05, 4.69) is 118 Å². The summed E-state index contributed by atoms with van der Waals surface area (Å²) in [4.78, 5) is 0.